The molecule has 13 heavy (non-hydrogen) atoms. The van der Waals surface area contributed by atoms with Gasteiger partial charge in [0.05, 0.1) is 17.0 Å². The van der Waals surface area contributed by atoms with E-state index in [2.05, 4.69) is 5.32 Å². The molecule has 5 heteroatoms. The molecule has 2 heterocycles. The zero-order valence-electron chi connectivity index (χ0n) is 7.04. The quantitative estimate of drug-likeness (QED) is 0.578. The number of aromatic carboxylic acids is 1. The van der Waals surface area contributed by atoms with Crippen molar-refractivity contribution in [1.29, 1.82) is 0 Å². The van der Waals surface area contributed by atoms with Gasteiger partial charge in [-0.2, -0.15) is 0 Å². The highest BCUT2D eigenvalue weighted by Gasteiger charge is 2.24. The summed E-state index contributed by atoms with van der Waals surface area (Å²) < 4.78 is 0. The smallest absolute Gasteiger partial charge is 0.338 e. The zero-order valence-corrected chi connectivity index (χ0v) is 7.86. The van der Waals surface area contributed by atoms with E-state index in [1.165, 1.54) is 11.3 Å². The van der Waals surface area contributed by atoms with Gasteiger partial charge in [0, 0.05) is 6.42 Å². The molecule has 0 aromatic carbocycles. The molecule has 1 aromatic heterocycles. The van der Waals surface area contributed by atoms with Crippen LogP contribution in [0.1, 0.15) is 20.8 Å². The molecule has 0 spiro atoms. The Morgan fingerprint density at radius 3 is 3.08 bits per heavy atom. The van der Waals surface area contributed by atoms with E-state index in [1.807, 2.05) is 0 Å². The fourth-order valence-electron chi connectivity index (χ4n) is 1.68. The Morgan fingerprint density at radius 1 is 1.62 bits per heavy atom. The molecule has 0 saturated heterocycles. The van der Waals surface area contributed by atoms with Gasteiger partial charge in [0.2, 0.25) is 0 Å². The first-order chi connectivity index (χ1) is 6.20. The third-order valence-corrected chi connectivity index (χ3v) is 3.34. The van der Waals surface area contributed by atoms with Crippen molar-refractivity contribution < 1.29 is 15.2 Å². The molecule has 0 unspecified atom stereocenters. The SMILES string of the molecule is Nc1sc2c(c1C(=O)O)CC[NH2+]C2. The molecule has 0 amide bonds. The number of quaternary nitrogens is 1. The molecule has 4 nitrogen and oxygen atoms in total. The molecule has 0 bridgehead atoms. The van der Waals surface area contributed by atoms with Crippen LogP contribution in [0.2, 0.25) is 0 Å². The molecule has 0 atom stereocenters. The number of nitrogens with two attached hydrogens (primary N) is 2. The van der Waals surface area contributed by atoms with Crippen LogP contribution in [-0.2, 0) is 13.0 Å². The van der Waals surface area contributed by atoms with Gasteiger partial charge in [-0.15, -0.1) is 11.3 Å². The maximum absolute atomic E-state index is 10.9. The number of rotatable bonds is 1. The number of carboxylic acids is 1. The Bertz CT molecular complexity index is 359. The van der Waals surface area contributed by atoms with Crippen molar-refractivity contribution in [2.75, 3.05) is 12.3 Å². The second kappa shape index (κ2) is 3.01. The fraction of sp³-hybridized carbons (Fsp3) is 0.375. The summed E-state index contributed by atoms with van der Waals surface area (Å²) in [6.45, 7) is 1.83. The maximum atomic E-state index is 10.9. The molecule has 1 aromatic rings. The number of carboxylic acid groups (broad SMARTS) is 1. The highest BCUT2D eigenvalue weighted by Crippen LogP contribution is 2.31. The number of thiophene rings is 1. The van der Waals surface area contributed by atoms with Crippen LogP contribution < -0.4 is 11.1 Å². The van der Waals surface area contributed by atoms with E-state index in [0.29, 0.717) is 10.6 Å². The standard InChI is InChI=1S/C8H10N2O2S/c9-7-6(8(11)12)4-1-2-10-3-5(4)13-7/h10H,1-3,9H2,(H,11,12)/p+1. The highest BCUT2D eigenvalue weighted by atomic mass is 32.1. The Kier molecular flexibility index (Phi) is 1.97. The lowest BCUT2D eigenvalue weighted by Crippen LogP contribution is -2.84. The molecule has 2 rings (SSSR count). The third-order valence-electron chi connectivity index (χ3n) is 2.26. The zero-order chi connectivity index (χ0) is 9.42. The predicted molar refractivity (Wildman–Crippen MR) is 49.9 cm³/mol. The van der Waals surface area contributed by atoms with Gasteiger partial charge in [-0.1, -0.05) is 0 Å². The van der Waals surface area contributed by atoms with Crippen molar-refractivity contribution in [2.45, 2.75) is 13.0 Å². The summed E-state index contributed by atoms with van der Waals surface area (Å²) in [5, 5.41) is 11.5. The van der Waals surface area contributed by atoms with Crippen LogP contribution >= 0.6 is 11.3 Å². The number of anilines is 1. The molecule has 0 radical (unpaired) electrons. The van der Waals surface area contributed by atoms with Gasteiger partial charge in [0.15, 0.2) is 0 Å². The van der Waals surface area contributed by atoms with Gasteiger partial charge in [-0.05, 0) is 5.56 Å². The minimum atomic E-state index is -0.892. The molecule has 1 aliphatic heterocycles. The van der Waals surface area contributed by atoms with Gasteiger partial charge < -0.3 is 16.2 Å². The van der Waals surface area contributed by atoms with Crippen molar-refractivity contribution in [2.24, 2.45) is 0 Å². The average molecular weight is 199 g/mol. The van der Waals surface area contributed by atoms with E-state index >= 15 is 0 Å². The van der Waals surface area contributed by atoms with Crippen LogP contribution in [0.3, 0.4) is 0 Å². The van der Waals surface area contributed by atoms with E-state index in [0.717, 1.165) is 30.0 Å². The number of carbonyl (C=O) groups is 1. The molecule has 0 saturated carbocycles. The lowest BCUT2D eigenvalue weighted by molar-refractivity contribution is -0.672. The van der Waals surface area contributed by atoms with Gasteiger partial charge in [0.1, 0.15) is 11.5 Å². The third kappa shape index (κ3) is 1.30. The lowest BCUT2D eigenvalue weighted by atomic mass is 10.0. The van der Waals surface area contributed by atoms with Gasteiger partial charge in [-0.25, -0.2) is 4.79 Å². The summed E-state index contributed by atoms with van der Waals surface area (Å²) in [6, 6.07) is 0. The van der Waals surface area contributed by atoms with Crippen LogP contribution in [-0.4, -0.2) is 17.6 Å². The summed E-state index contributed by atoms with van der Waals surface area (Å²) in [5.74, 6) is -0.892. The molecule has 70 valence electrons. The average Bonchev–Trinajstić information content (AvgIpc) is 2.39. The minimum Gasteiger partial charge on any atom is -0.478 e. The second-order valence-electron chi connectivity index (χ2n) is 3.08. The van der Waals surface area contributed by atoms with E-state index in [1.54, 1.807) is 0 Å². The Morgan fingerprint density at radius 2 is 2.38 bits per heavy atom. The number of nitrogen functional groups attached to an aromatic ring is 1. The first kappa shape index (κ1) is 8.52. The normalized spacial score (nSPS) is 15.4. The van der Waals surface area contributed by atoms with E-state index in [-0.39, 0.29) is 0 Å². The van der Waals surface area contributed by atoms with Crippen LogP contribution in [0.5, 0.6) is 0 Å². The molecule has 5 N–H and O–H groups in total. The van der Waals surface area contributed by atoms with Gasteiger partial charge in [-0.3, -0.25) is 0 Å². The van der Waals surface area contributed by atoms with Crippen molar-refractivity contribution in [3.8, 4) is 0 Å². The highest BCUT2D eigenvalue weighted by molar-refractivity contribution is 7.16. The summed E-state index contributed by atoms with van der Waals surface area (Å²) in [7, 11) is 0. The Balaban J connectivity index is 2.54. The monoisotopic (exact) mass is 199 g/mol. The number of hydrogen-bond donors (Lipinski definition) is 3. The van der Waals surface area contributed by atoms with Gasteiger partial charge >= 0.3 is 5.97 Å². The largest absolute Gasteiger partial charge is 0.478 e. The topological polar surface area (TPSA) is 79.9 Å². The lowest BCUT2D eigenvalue weighted by Gasteiger charge is -2.09. The first-order valence-electron chi connectivity index (χ1n) is 4.15. The molecule has 0 fully saturated rings. The van der Waals surface area contributed by atoms with E-state index in [9.17, 15) is 4.79 Å². The van der Waals surface area contributed by atoms with Crippen LogP contribution in [0.4, 0.5) is 5.00 Å². The van der Waals surface area contributed by atoms with Crippen LogP contribution in [0.15, 0.2) is 0 Å². The van der Waals surface area contributed by atoms with Crippen molar-refractivity contribution in [1.82, 2.24) is 0 Å². The molecule has 0 aliphatic carbocycles. The van der Waals surface area contributed by atoms with Crippen molar-refractivity contribution in [3.05, 3.63) is 16.0 Å². The Labute approximate surface area is 79.4 Å². The Hall–Kier alpha value is -1.07. The molecular formula is C8H11N2O2S+. The van der Waals surface area contributed by atoms with Crippen molar-refractivity contribution >= 4 is 22.3 Å². The van der Waals surface area contributed by atoms with Crippen molar-refractivity contribution in [3.63, 3.8) is 0 Å². The van der Waals surface area contributed by atoms with E-state index < -0.39 is 5.97 Å². The first-order valence-corrected chi connectivity index (χ1v) is 4.96. The summed E-state index contributed by atoms with van der Waals surface area (Å²) in [4.78, 5) is 12.0. The van der Waals surface area contributed by atoms with Crippen LogP contribution in [0.25, 0.3) is 0 Å². The van der Waals surface area contributed by atoms with Crippen LogP contribution in [0, 0.1) is 0 Å². The summed E-state index contributed by atoms with van der Waals surface area (Å²) in [6.07, 6.45) is 0.824. The second-order valence-corrected chi connectivity index (χ2v) is 4.22. The molecule has 1 aliphatic rings. The predicted octanol–water partition coefficient (Wildman–Crippen LogP) is -0.352. The summed E-state index contributed by atoms with van der Waals surface area (Å²) >= 11 is 1.41. The minimum absolute atomic E-state index is 0.341. The molecular weight excluding hydrogens is 188 g/mol. The summed E-state index contributed by atoms with van der Waals surface area (Å²) in [5.41, 5.74) is 6.94. The van der Waals surface area contributed by atoms with E-state index in [4.69, 9.17) is 10.8 Å². The van der Waals surface area contributed by atoms with Gasteiger partial charge in [0.25, 0.3) is 0 Å². The fourth-order valence-corrected chi connectivity index (χ4v) is 2.78. The maximum Gasteiger partial charge on any atom is 0.338 e. The number of hydrogen-bond acceptors (Lipinski definition) is 3. The number of fused-ring (bicyclic) bond motifs is 1.